The molecule has 0 saturated heterocycles. The Labute approximate surface area is 111 Å². The Morgan fingerprint density at radius 2 is 1.89 bits per heavy atom. The highest BCUT2D eigenvalue weighted by Gasteiger charge is 2.19. The average Bonchev–Trinajstić information content (AvgIpc) is 3.02. The van der Waals surface area contributed by atoms with E-state index in [1.165, 1.54) is 10.8 Å². The first-order chi connectivity index (χ1) is 9.34. The van der Waals surface area contributed by atoms with Crippen molar-refractivity contribution in [3.05, 3.63) is 54.9 Å². The van der Waals surface area contributed by atoms with Crippen molar-refractivity contribution in [1.29, 1.82) is 0 Å². The monoisotopic (exact) mass is 250 g/mol. The van der Waals surface area contributed by atoms with Gasteiger partial charge in [-0.1, -0.05) is 30.3 Å². The summed E-state index contributed by atoms with van der Waals surface area (Å²) in [6.45, 7) is 2.13. The molecule has 4 rings (SSSR count). The van der Waals surface area contributed by atoms with Crippen LogP contribution in [0, 0.1) is 0 Å². The standard InChI is InChI=1S/C16H14N2O/c1-11-17-9-10-18(11)14-7-4-6-13-12-5-2-3-8-15(12)19-16(13)14/h2-11,17H,1H3/t11-/m1/s1. The highest BCUT2D eigenvalue weighted by atomic mass is 16.3. The summed E-state index contributed by atoms with van der Waals surface area (Å²) >= 11 is 0. The molecular weight excluding hydrogens is 236 g/mol. The van der Waals surface area contributed by atoms with Crippen molar-refractivity contribution >= 4 is 27.6 Å². The van der Waals surface area contributed by atoms with Gasteiger partial charge in [-0.2, -0.15) is 0 Å². The molecule has 1 aliphatic heterocycles. The first-order valence-electron chi connectivity index (χ1n) is 6.46. The van der Waals surface area contributed by atoms with Crippen LogP contribution < -0.4 is 10.2 Å². The van der Waals surface area contributed by atoms with Crippen LogP contribution in [0.3, 0.4) is 0 Å². The van der Waals surface area contributed by atoms with Crippen LogP contribution in [0.1, 0.15) is 6.92 Å². The molecule has 0 unspecified atom stereocenters. The molecule has 3 aromatic rings. The molecule has 3 nitrogen and oxygen atoms in total. The van der Waals surface area contributed by atoms with Crippen LogP contribution in [0.2, 0.25) is 0 Å². The molecule has 94 valence electrons. The number of fused-ring (bicyclic) bond motifs is 3. The number of para-hydroxylation sites is 2. The first-order valence-corrected chi connectivity index (χ1v) is 6.46. The van der Waals surface area contributed by atoms with Gasteiger partial charge in [0.25, 0.3) is 0 Å². The predicted molar refractivity (Wildman–Crippen MR) is 77.9 cm³/mol. The topological polar surface area (TPSA) is 28.4 Å². The van der Waals surface area contributed by atoms with E-state index >= 15 is 0 Å². The normalized spacial score (nSPS) is 18.4. The van der Waals surface area contributed by atoms with Crippen LogP contribution >= 0.6 is 0 Å². The van der Waals surface area contributed by atoms with Gasteiger partial charge in [0.05, 0.1) is 5.69 Å². The Kier molecular flexibility index (Phi) is 2.09. The summed E-state index contributed by atoms with van der Waals surface area (Å²) in [4.78, 5) is 2.19. The van der Waals surface area contributed by atoms with E-state index in [1.807, 2.05) is 30.6 Å². The minimum Gasteiger partial charge on any atom is -0.454 e. The molecule has 0 spiro atoms. The van der Waals surface area contributed by atoms with E-state index in [4.69, 9.17) is 4.42 Å². The largest absolute Gasteiger partial charge is 0.454 e. The maximum absolute atomic E-state index is 6.04. The van der Waals surface area contributed by atoms with Crippen LogP contribution in [-0.4, -0.2) is 6.17 Å². The van der Waals surface area contributed by atoms with E-state index < -0.39 is 0 Å². The molecule has 3 heteroatoms. The lowest BCUT2D eigenvalue weighted by Crippen LogP contribution is -2.31. The van der Waals surface area contributed by atoms with Crippen molar-refractivity contribution in [3.63, 3.8) is 0 Å². The van der Waals surface area contributed by atoms with E-state index in [0.717, 1.165) is 16.9 Å². The van der Waals surface area contributed by atoms with Crippen molar-refractivity contribution in [2.75, 3.05) is 4.90 Å². The molecular formula is C16H14N2O. The first kappa shape index (κ1) is 10.5. The number of rotatable bonds is 1. The Hall–Kier alpha value is -2.42. The van der Waals surface area contributed by atoms with Crippen molar-refractivity contribution < 1.29 is 4.42 Å². The Bertz CT molecular complexity index is 788. The van der Waals surface area contributed by atoms with Gasteiger partial charge >= 0.3 is 0 Å². The zero-order valence-corrected chi connectivity index (χ0v) is 10.6. The van der Waals surface area contributed by atoms with Gasteiger partial charge in [-0.05, 0) is 19.1 Å². The molecule has 1 atom stereocenters. The van der Waals surface area contributed by atoms with Gasteiger partial charge < -0.3 is 14.6 Å². The molecule has 0 saturated carbocycles. The van der Waals surface area contributed by atoms with Gasteiger partial charge in [0.15, 0.2) is 5.58 Å². The third-order valence-corrected chi connectivity index (χ3v) is 3.65. The molecule has 1 aromatic heterocycles. The van der Waals surface area contributed by atoms with Gasteiger partial charge in [-0.15, -0.1) is 0 Å². The molecule has 1 aliphatic rings. The maximum Gasteiger partial charge on any atom is 0.159 e. The Morgan fingerprint density at radius 3 is 2.74 bits per heavy atom. The van der Waals surface area contributed by atoms with Gasteiger partial charge in [0, 0.05) is 23.2 Å². The fourth-order valence-electron chi connectivity index (χ4n) is 2.70. The highest BCUT2D eigenvalue weighted by Crippen LogP contribution is 2.36. The number of hydrogen-bond acceptors (Lipinski definition) is 3. The summed E-state index contributed by atoms with van der Waals surface area (Å²) in [5.41, 5.74) is 2.99. The lowest BCUT2D eigenvalue weighted by molar-refractivity contribution is 0.652. The Morgan fingerprint density at radius 1 is 1.05 bits per heavy atom. The molecule has 0 aliphatic carbocycles. The van der Waals surface area contributed by atoms with Crippen molar-refractivity contribution in [1.82, 2.24) is 5.32 Å². The number of hydrogen-bond donors (Lipinski definition) is 1. The lowest BCUT2D eigenvalue weighted by atomic mass is 10.1. The fraction of sp³-hybridized carbons (Fsp3) is 0.125. The second kappa shape index (κ2) is 3.79. The molecule has 0 radical (unpaired) electrons. The number of nitrogens with zero attached hydrogens (tertiary/aromatic N) is 1. The van der Waals surface area contributed by atoms with Crippen LogP contribution in [0.15, 0.2) is 59.3 Å². The summed E-state index contributed by atoms with van der Waals surface area (Å²) in [6, 6.07) is 14.5. The average molecular weight is 250 g/mol. The van der Waals surface area contributed by atoms with Gasteiger partial charge in [-0.3, -0.25) is 0 Å². The van der Waals surface area contributed by atoms with Crippen molar-refractivity contribution in [2.24, 2.45) is 0 Å². The van der Waals surface area contributed by atoms with Crippen LogP contribution in [0.5, 0.6) is 0 Å². The van der Waals surface area contributed by atoms with E-state index in [-0.39, 0.29) is 6.17 Å². The fourth-order valence-corrected chi connectivity index (χ4v) is 2.70. The second-order valence-corrected chi connectivity index (χ2v) is 4.82. The molecule has 0 bridgehead atoms. The smallest absolute Gasteiger partial charge is 0.159 e. The predicted octanol–water partition coefficient (Wildman–Crippen LogP) is 3.81. The number of benzene rings is 2. The zero-order chi connectivity index (χ0) is 12.8. The van der Waals surface area contributed by atoms with Gasteiger partial charge in [-0.25, -0.2) is 0 Å². The van der Waals surface area contributed by atoms with E-state index in [0.29, 0.717) is 0 Å². The molecule has 19 heavy (non-hydrogen) atoms. The molecule has 2 aromatic carbocycles. The van der Waals surface area contributed by atoms with E-state index in [2.05, 4.69) is 41.4 Å². The second-order valence-electron chi connectivity index (χ2n) is 4.82. The van der Waals surface area contributed by atoms with Gasteiger partial charge in [0.1, 0.15) is 11.7 Å². The number of furan rings is 1. The summed E-state index contributed by atoms with van der Waals surface area (Å²) < 4.78 is 6.04. The maximum atomic E-state index is 6.04. The lowest BCUT2D eigenvalue weighted by Gasteiger charge is -2.22. The van der Waals surface area contributed by atoms with Crippen molar-refractivity contribution in [2.45, 2.75) is 13.1 Å². The molecule has 0 fully saturated rings. The summed E-state index contributed by atoms with van der Waals surface area (Å²) in [5.74, 6) is 0. The minimum absolute atomic E-state index is 0.249. The SMILES string of the molecule is C[C@@H]1NC=CN1c1cccc2c1oc1ccccc12. The minimum atomic E-state index is 0.249. The number of nitrogens with one attached hydrogen (secondary N) is 1. The third kappa shape index (κ3) is 1.45. The molecule has 1 N–H and O–H groups in total. The molecule has 0 amide bonds. The molecule has 2 heterocycles. The highest BCUT2D eigenvalue weighted by molar-refractivity contribution is 6.09. The van der Waals surface area contributed by atoms with E-state index in [1.54, 1.807) is 0 Å². The summed E-state index contributed by atoms with van der Waals surface area (Å²) in [6.07, 6.45) is 4.26. The van der Waals surface area contributed by atoms with E-state index in [9.17, 15) is 0 Å². The van der Waals surface area contributed by atoms with Crippen molar-refractivity contribution in [3.8, 4) is 0 Å². The van der Waals surface area contributed by atoms with Crippen LogP contribution in [0.25, 0.3) is 21.9 Å². The van der Waals surface area contributed by atoms with Crippen LogP contribution in [0.4, 0.5) is 5.69 Å². The summed E-state index contributed by atoms with van der Waals surface area (Å²) in [5, 5.41) is 5.61. The quantitative estimate of drug-likeness (QED) is 0.711. The zero-order valence-electron chi connectivity index (χ0n) is 10.6. The summed E-state index contributed by atoms with van der Waals surface area (Å²) in [7, 11) is 0. The van der Waals surface area contributed by atoms with Gasteiger partial charge in [0.2, 0.25) is 0 Å². The third-order valence-electron chi connectivity index (χ3n) is 3.65. The number of anilines is 1. The van der Waals surface area contributed by atoms with Crippen LogP contribution in [-0.2, 0) is 0 Å². The Balaban J connectivity index is 2.04.